The molecule has 2 aromatic carbocycles. The molecule has 1 aliphatic heterocycles. The van der Waals surface area contributed by atoms with E-state index in [1.165, 1.54) is 16.7 Å². The Hall–Kier alpha value is -2.53. The molecular formula is C22H23NO3S. The molecule has 5 heteroatoms. The van der Waals surface area contributed by atoms with Crippen LogP contribution in [0.25, 0.3) is 5.57 Å². The van der Waals surface area contributed by atoms with Gasteiger partial charge in [0.2, 0.25) is 0 Å². The molecule has 0 atom stereocenters. The first-order valence-electron chi connectivity index (χ1n) is 9.04. The van der Waals surface area contributed by atoms with Gasteiger partial charge in [-0.25, -0.2) is 4.90 Å². The minimum absolute atomic E-state index is 0.258. The molecule has 2 amide bonds. The lowest BCUT2D eigenvalue weighted by Crippen LogP contribution is -2.31. The van der Waals surface area contributed by atoms with E-state index in [-0.39, 0.29) is 11.8 Å². The average Bonchev–Trinajstić information content (AvgIpc) is 2.87. The summed E-state index contributed by atoms with van der Waals surface area (Å²) in [5, 5.41) is 0. The highest BCUT2D eigenvalue weighted by molar-refractivity contribution is 8.04. The maximum absolute atomic E-state index is 13.3. The maximum atomic E-state index is 13.3. The molecule has 0 unspecified atom stereocenters. The molecule has 0 bridgehead atoms. The molecule has 0 fully saturated rings. The van der Waals surface area contributed by atoms with Gasteiger partial charge in [0.15, 0.2) is 0 Å². The second-order valence-corrected chi connectivity index (χ2v) is 7.60. The second kappa shape index (κ2) is 8.01. The van der Waals surface area contributed by atoms with E-state index in [9.17, 15) is 9.59 Å². The summed E-state index contributed by atoms with van der Waals surface area (Å²) in [7, 11) is 0. The van der Waals surface area contributed by atoms with Crippen LogP contribution in [-0.2, 0) is 9.59 Å². The van der Waals surface area contributed by atoms with Gasteiger partial charge in [-0.3, -0.25) is 9.59 Å². The molecule has 0 saturated carbocycles. The molecule has 140 valence electrons. The van der Waals surface area contributed by atoms with Gasteiger partial charge >= 0.3 is 0 Å². The van der Waals surface area contributed by atoms with Crippen LogP contribution in [-0.4, -0.2) is 24.2 Å². The summed E-state index contributed by atoms with van der Waals surface area (Å²) in [6.07, 6.45) is 0. The Balaban J connectivity index is 2.04. The van der Waals surface area contributed by atoms with Crippen LogP contribution in [0.2, 0.25) is 0 Å². The van der Waals surface area contributed by atoms with Crippen molar-refractivity contribution in [2.75, 3.05) is 17.3 Å². The lowest BCUT2D eigenvalue weighted by atomic mass is 9.99. The predicted molar refractivity (Wildman–Crippen MR) is 111 cm³/mol. The number of aryl methyl sites for hydroxylation is 2. The molecule has 0 spiro atoms. The Morgan fingerprint density at radius 3 is 2.26 bits per heavy atom. The van der Waals surface area contributed by atoms with E-state index in [1.807, 2.05) is 45.9 Å². The maximum Gasteiger partial charge on any atom is 0.272 e. The van der Waals surface area contributed by atoms with Crippen LogP contribution in [0.4, 0.5) is 5.69 Å². The number of imide groups is 1. The number of hydrogen-bond donors (Lipinski definition) is 0. The number of carbonyl (C=O) groups excluding carboxylic acids is 2. The smallest absolute Gasteiger partial charge is 0.272 e. The van der Waals surface area contributed by atoms with Crippen molar-refractivity contribution in [3.63, 3.8) is 0 Å². The quantitative estimate of drug-likeness (QED) is 0.678. The third-order valence-electron chi connectivity index (χ3n) is 4.39. The first-order valence-corrected chi connectivity index (χ1v) is 10.0. The molecule has 1 heterocycles. The van der Waals surface area contributed by atoms with E-state index in [0.29, 0.717) is 28.5 Å². The zero-order chi connectivity index (χ0) is 19.6. The predicted octanol–water partition coefficient (Wildman–Crippen LogP) is 4.74. The van der Waals surface area contributed by atoms with Crippen LogP contribution >= 0.6 is 11.8 Å². The summed E-state index contributed by atoms with van der Waals surface area (Å²) in [4.78, 5) is 28.1. The Labute approximate surface area is 164 Å². The van der Waals surface area contributed by atoms with Crippen LogP contribution in [0.5, 0.6) is 5.75 Å². The zero-order valence-corrected chi connectivity index (χ0v) is 16.9. The Bertz CT molecular complexity index is 916. The van der Waals surface area contributed by atoms with Gasteiger partial charge in [0.05, 0.1) is 22.8 Å². The third kappa shape index (κ3) is 3.65. The van der Waals surface area contributed by atoms with E-state index in [4.69, 9.17) is 4.74 Å². The highest BCUT2D eigenvalue weighted by Gasteiger charge is 2.40. The normalized spacial score (nSPS) is 14.3. The van der Waals surface area contributed by atoms with E-state index in [2.05, 4.69) is 0 Å². The standard InChI is InChI=1S/C22H23NO3S/c1-5-26-17-10-8-16(9-11-17)23-21(24)19(20(22(23)25)27-6-2)18-12-7-14(3)13-15(18)4/h7-13H,5-6H2,1-4H3. The number of rotatable bonds is 6. The van der Waals surface area contributed by atoms with Gasteiger partial charge in [-0.1, -0.05) is 30.7 Å². The average molecular weight is 381 g/mol. The van der Waals surface area contributed by atoms with Crippen molar-refractivity contribution in [2.24, 2.45) is 0 Å². The fourth-order valence-electron chi connectivity index (χ4n) is 3.21. The monoisotopic (exact) mass is 381 g/mol. The molecule has 0 aliphatic carbocycles. The minimum atomic E-state index is -0.271. The second-order valence-electron chi connectivity index (χ2n) is 6.33. The summed E-state index contributed by atoms with van der Waals surface area (Å²) in [6.45, 7) is 8.45. The summed E-state index contributed by atoms with van der Waals surface area (Å²) in [6, 6.07) is 13.0. The number of amides is 2. The van der Waals surface area contributed by atoms with Gasteiger partial charge in [0.25, 0.3) is 11.8 Å². The molecule has 27 heavy (non-hydrogen) atoms. The molecule has 0 radical (unpaired) electrons. The third-order valence-corrected chi connectivity index (χ3v) is 5.34. The van der Waals surface area contributed by atoms with Gasteiger partial charge in [0, 0.05) is 0 Å². The first kappa shape index (κ1) is 19.2. The Morgan fingerprint density at radius 2 is 1.67 bits per heavy atom. The lowest BCUT2D eigenvalue weighted by molar-refractivity contribution is -0.119. The highest BCUT2D eigenvalue weighted by atomic mass is 32.2. The van der Waals surface area contributed by atoms with Crippen molar-refractivity contribution < 1.29 is 14.3 Å². The van der Waals surface area contributed by atoms with E-state index < -0.39 is 0 Å². The topological polar surface area (TPSA) is 46.6 Å². The number of hydrogen-bond acceptors (Lipinski definition) is 4. The van der Waals surface area contributed by atoms with Crippen molar-refractivity contribution in [1.29, 1.82) is 0 Å². The highest BCUT2D eigenvalue weighted by Crippen LogP contribution is 2.39. The minimum Gasteiger partial charge on any atom is -0.494 e. The SMILES string of the molecule is CCOc1ccc(N2C(=O)C(SCC)=C(c3ccc(C)cc3C)C2=O)cc1. The number of nitrogens with zero attached hydrogens (tertiary/aromatic N) is 1. The largest absolute Gasteiger partial charge is 0.494 e. The van der Waals surface area contributed by atoms with Gasteiger partial charge in [-0.05, 0) is 61.9 Å². The fraction of sp³-hybridized carbons (Fsp3) is 0.273. The van der Waals surface area contributed by atoms with Crippen LogP contribution in [0.3, 0.4) is 0 Å². The van der Waals surface area contributed by atoms with E-state index in [1.54, 1.807) is 24.3 Å². The van der Waals surface area contributed by atoms with Crippen molar-refractivity contribution in [1.82, 2.24) is 0 Å². The Morgan fingerprint density at radius 1 is 0.963 bits per heavy atom. The molecule has 3 rings (SSSR count). The zero-order valence-electron chi connectivity index (χ0n) is 16.0. The lowest BCUT2D eigenvalue weighted by Gasteiger charge is -2.16. The van der Waals surface area contributed by atoms with Crippen LogP contribution in [0.15, 0.2) is 47.4 Å². The van der Waals surface area contributed by atoms with Crippen molar-refractivity contribution in [2.45, 2.75) is 27.7 Å². The van der Waals surface area contributed by atoms with Crippen LogP contribution in [0.1, 0.15) is 30.5 Å². The number of carbonyl (C=O) groups is 2. The summed E-state index contributed by atoms with van der Waals surface area (Å²) < 4.78 is 5.45. The summed E-state index contributed by atoms with van der Waals surface area (Å²) >= 11 is 1.42. The fourth-order valence-corrected chi connectivity index (χ4v) is 4.06. The summed E-state index contributed by atoms with van der Waals surface area (Å²) in [5.74, 6) is 0.906. The number of benzene rings is 2. The number of ether oxygens (including phenoxy) is 1. The first-order chi connectivity index (χ1) is 13.0. The molecule has 4 nitrogen and oxygen atoms in total. The number of thioether (sulfide) groups is 1. The number of anilines is 1. The van der Waals surface area contributed by atoms with Gasteiger partial charge in [-0.2, -0.15) is 0 Å². The van der Waals surface area contributed by atoms with Crippen molar-refractivity contribution in [3.05, 3.63) is 64.1 Å². The molecule has 1 aliphatic rings. The molecule has 0 N–H and O–H groups in total. The van der Waals surface area contributed by atoms with Gasteiger partial charge in [-0.15, -0.1) is 11.8 Å². The van der Waals surface area contributed by atoms with E-state index in [0.717, 1.165) is 22.4 Å². The summed E-state index contributed by atoms with van der Waals surface area (Å²) in [5.41, 5.74) is 4.00. The molecule has 0 saturated heterocycles. The van der Waals surface area contributed by atoms with Gasteiger partial charge in [0.1, 0.15) is 5.75 Å². The molecular weight excluding hydrogens is 358 g/mol. The Kier molecular flexibility index (Phi) is 5.71. The molecule has 0 aromatic heterocycles. The van der Waals surface area contributed by atoms with E-state index >= 15 is 0 Å². The van der Waals surface area contributed by atoms with Crippen LogP contribution in [0, 0.1) is 13.8 Å². The van der Waals surface area contributed by atoms with Gasteiger partial charge < -0.3 is 4.74 Å². The molecule has 2 aromatic rings. The van der Waals surface area contributed by atoms with Crippen LogP contribution < -0.4 is 9.64 Å². The van der Waals surface area contributed by atoms with Crippen molar-refractivity contribution in [3.8, 4) is 5.75 Å². The van der Waals surface area contributed by atoms with Crippen molar-refractivity contribution >= 4 is 34.8 Å².